The first-order valence-electron chi connectivity index (χ1n) is 6.49. The Morgan fingerprint density at radius 2 is 2.00 bits per heavy atom. The summed E-state index contributed by atoms with van der Waals surface area (Å²) in [6.45, 7) is 2.07. The van der Waals surface area contributed by atoms with Crippen molar-refractivity contribution in [3.05, 3.63) is 46.9 Å². The van der Waals surface area contributed by atoms with Crippen LogP contribution in [0.25, 0.3) is 10.2 Å². The van der Waals surface area contributed by atoms with E-state index in [1.807, 2.05) is 7.05 Å². The number of anilines is 1. The molecule has 0 atom stereocenters. The minimum Gasteiger partial charge on any atom is -0.372 e. The van der Waals surface area contributed by atoms with Crippen LogP contribution in [0.2, 0.25) is 0 Å². The lowest BCUT2D eigenvalue weighted by Gasteiger charge is -2.05. The van der Waals surface area contributed by atoms with E-state index in [1.54, 1.807) is 35.2 Å². The predicted molar refractivity (Wildman–Crippen MR) is 87.7 cm³/mol. The van der Waals surface area contributed by atoms with Gasteiger partial charge in [-0.15, -0.1) is 23.1 Å². The van der Waals surface area contributed by atoms with Gasteiger partial charge in [0.1, 0.15) is 22.3 Å². The first-order chi connectivity index (χ1) is 10.2. The molecule has 0 spiro atoms. The van der Waals surface area contributed by atoms with E-state index < -0.39 is 0 Å². The zero-order valence-electron chi connectivity index (χ0n) is 11.7. The maximum atomic E-state index is 12.9. The zero-order chi connectivity index (χ0) is 14.8. The maximum absolute atomic E-state index is 12.9. The molecule has 3 aromatic rings. The van der Waals surface area contributed by atoms with Gasteiger partial charge in [-0.05, 0) is 37.3 Å². The highest BCUT2D eigenvalue weighted by molar-refractivity contribution is 7.98. The van der Waals surface area contributed by atoms with E-state index >= 15 is 0 Å². The summed E-state index contributed by atoms with van der Waals surface area (Å²) in [6, 6.07) is 8.57. The molecular weight excluding hydrogens is 305 g/mol. The third-order valence-electron chi connectivity index (χ3n) is 2.98. The topological polar surface area (TPSA) is 37.8 Å². The molecule has 3 rings (SSSR count). The van der Waals surface area contributed by atoms with Crippen molar-refractivity contribution in [3.8, 4) is 0 Å². The van der Waals surface area contributed by atoms with E-state index in [1.165, 1.54) is 17.0 Å². The second kappa shape index (κ2) is 5.99. The van der Waals surface area contributed by atoms with Gasteiger partial charge in [0.15, 0.2) is 0 Å². The molecule has 0 fully saturated rings. The lowest BCUT2D eigenvalue weighted by Crippen LogP contribution is -1.99. The van der Waals surface area contributed by atoms with E-state index in [0.29, 0.717) is 5.75 Å². The van der Waals surface area contributed by atoms with Crippen molar-refractivity contribution in [1.82, 2.24) is 9.97 Å². The smallest absolute Gasteiger partial charge is 0.142 e. The molecule has 0 radical (unpaired) electrons. The lowest BCUT2D eigenvalue weighted by molar-refractivity contribution is 0.626. The number of nitrogens with zero attached hydrogens (tertiary/aromatic N) is 2. The van der Waals surface area contributed by atoms with E-state index in [4.69, 9.17) is 0 Å². The summed E-state index contributed by atoms with van der Waals surface area (Å²) in [7, 11) is 1.87. The molecule has 3 nitrogen and oxygen atoms in total. The Morgan fingerprint density at radius 3 is 2.71 bits per heavy atom. The van der Waals surface area contributed by atoms with Crippen LogP contribution >= 0.6 is 23.1 Å². The number of halogens is 1. The Morgan fingerprint density at radius 1 is 1.24 bits per heavy atom. The quantitative estimate of drug-likeness (QED) is 0.720. The van der Waals surface area contributed by atoms with Gasteiger partial charge in [0, 0.05) is 16.8 Å². The highest BCUT2D eigenvalue weighted by Gasteiger charge is 2.10. The molecule has 0 aliphatic carbocycles. The molecule has 2 aromatic heterocycles. The van der Waals surface area contributed by atoms with Crippen LogP contribution in [0.1, 0.15) is 10.7 Å². The second-order valence-electron chi connectivity index (χ2n) is 4.56. The van der Waals surface area contributed by atoms with Crippen molar-refractivity contribution < 1.29 is 4.39 Å². The minimum atomic E-state index is -0.219. The number of aryl methyl sites for hydroxylation is 1. The fraction of sp³-hybridized carbons (Fsp3) is 0.200. The van der Waals surface area contributed by atoms with Crippen LogP contribution in [-0.4, -0.2) is 17.0 Å². The maximum Gasteiger partial charge on any atom is 0.142 e. The number of rotatable bonds is 4. The van der Waals surface area contributed by atoms with Crippen molar-refractivity contribution in [2.24, 2.45) is 0 Å². The van der Waals surface area contributed by atoms with Crippen LogP contribution in [0.5, 0.6) is 0 Å². The van der Waals surface area contributed by atoms with Gasteiger partial charge < -0.3 is 5.32 Å². The summed E-state index contributed by atoms with van der Waals surface area (Å²) in [4.78, 5) is 12.4. The summed E-state index contributed by atoms with van der Waals surface area (Å²) in [5.74, 6) is 2.08. The normalized spacial score (nSPS) is 11.0. The molecule has 0 aliphatic heterocycles. The molecule has 0 saturated carbocycles. The Kier molecular flexibility index (Phi) is 4.07. The van der Waals surface area contributed by atoms with Gasteiger partial charge in [-0.2, -0.15) is 0 Å². The molecule has 1 N–H and O–H groups in total. The van der Waals surface area contributed by atoms with Crippen molar-refractivity contribution in [3.63, 3.8) is 0 Å². The van der Waals surface area contributed by atoms with E-state index in [0.717, 1.165) is 26.8 Å². The molecule has 0 amide bonds. The Bertz CT molecular complexity index is 768. The van der Waals surface area contributed by atoms with Gasteiger partial charge in [-0.1, -0.05) is 0 Å². The van der Waals surface area contributed by atoms with Crippen molar-refractivity contribution in [1.29, 1.82) is 0 Å². The van der Waals surface area contributed by atoms with Gasteiger partial charge in [-0.25, -0.2) is 14.4 Å². The fourth-order valence-electron chi connectivity index (χ4n) is 2.02. The first-order valence-corrected chi connectivity index (χ1v) is 8.29. The molecule has 21 heavy (non-hydrogen) atoms. The number of thiophene rings is 1. The summed E-state index contributed by atoms with van der Waals surface area (Å²) >= 11 is 3.27. The minimum absolute atomic E-state index is 0.219. The van der Waals surface area contributed by atoms with Gasteiger partial charge in [0.05, 0.1) is 11.1 Å². The number of hydrogen-bond donors (Lipinski definition) is 1. The number of nitrogens with one attached hydrogen (secondary N) is 1. The summed E-state index contributed by atoms with van der Waals surface area (Å²) in [6.07, 6.45) is 0. The monoisotopic (exact) mass is 319 g/mol. The Hall–Kier alpha value is -1.66. The van der Waals surface area contributed by atoms with Gasteiger partial charge in [0.2, 0.25) is 0 Å². The number of fused-ring (bicyclic) bond motifs is 1. The number of aromatic nitrogens is 2. The summed E-state index contributed by atoms with van der Waals surface area (Å²) < 4.78 is 12.9. The lowest BCUT2D eigenvalue weighted by atomic mass is 10.3. The van der Waals surface area contributed by atoms with Crippen LogP contribution < -0.4 is 5.32 Å². The molecule has 0 saturated heterocycles. The predicted octanol–water partition coefficient (Wildman–Crippen LogP) is 4.47. The average Bonchev–Trinajstić information content (AvgIpc) is 2.86. The Labute approximate surface area is 130 Å². The highest BCUT2D eigenvalue weighted by atomic mass is 32.2. The van der Waals surface area contributed by atoms with Crippen LogP contribution in [0, 0.1) is 12.7 Å². The van der Waals surface area contributed by atoms with Gasteiger partial charge in [0.25, 0.3) is 0 Å². The molecule has 108 valence electrons. The molecule has 0 aliphatic rings. The fourth-order valence-corrected chi connectivity index (χ4v) is 3.67. The van der Waals surface area contributed by atoms with Crippen LogP contribution in [0.3, 0.4) is 0 Å². The molecule has 2 heterocycles. The van der Waals surface area contributed by atoms with E-state index in [2.05, 4.69) is 28.3 Å². The second-order valence-corrected chi connectivity index (χ2v) is 6.84. The van der Waals surface area contributed by atoms with Gasteiger partial charge in [-0.3, -0.25) is 0 Å². The molecule has 0 unspecified atom stereocenters. The number of thioether (sulfide) groups is 1. The summed E-state index contributed by atoms with van der Waals surface area (Å²) in [5, 5.41) is 4.19. The molecule has 1 aromatic carbocycles. The highest BCUT2D eigenvalue weighted by Crippen LogP contribution is 2.30. The SMILES string of the molecule is CNc1nc(CSc2ccc(F)cc2)nc2sc(C)cc12. The van der Waals surface area contributed by atoms with Crippen LogP contribution in [0.4, 0.5) is 10.2 Å². The van der Waals surface area contributed by atoms with E-state index in [-0.39, 0.29) is 5.82 Å². The van der Waals surface area contributed by atoms with Crippen LogP contribution in [0.15, 0.2) is 35.2 Å². The average molecular weight is 319 g/mol. The van der Waals surface area contributed by atoms with Crippen molar-refractivity contribution in [2.75, 3.05) is 12.4 Å². The number of hydrogen-bond acceptors (Lipinski definition) is 5. The van der Waals surface area contributed by atoms with Crippen LogP contribution in [-0.2, 0) is 5.75 Å². The largest absolute Gasteiger partial charge is 0.372 e. The molecule has 0 bridgehead atoms. The molecular formula is C15H14FN3S2. The van der Waals surface area contributed by atoms with Gasteiger partial charge >= 0.3 is 0 Å². The third-order valence-corrected chi connectivity index (χ3v) is 4.93. The zero-order valence-corrected chi connectivity index (χ0v) is 13.3. The summed E-state index contributed by atoms with van der Waals surface area (Å²) in [5.41, 5.74) is 0. The molecule has 6 heteroatoms. The first kappa shape index (κ1) is 14.3. The van der Waals surface area contributed by atoms with Crippen molar-refractivity contribution >= 4 is 39.1 Å². The third kappa shape index (κ3) is 3.16. The standard InChI is InChI=1S/C15H14FN3S2/c1-9-7-12-14(17-2)18-13(19-15(12)21-9)8-20-11-5-3-10(16)4-6-11/h3-7H,8H2,1-2H3,(H,17,18,19). The Balaban J connectivity index is 1.84. The number of benzene rings is 1. The van der Waals surface area contributed by atoms with Crippen molar-refractivity contribution in [2.45, 2.75) is 17.6 Å². The van der Waals surface area contributed by atoms with E-state index in [9.17, 15) is 4.39 Å².